The van der Waals surface area contributed by atoms with Crippen LogP contribution in [0.25, 0.3) is 5.65 Å². The predicted molar refractivity (Wildman–Crippen MR) is 66.5 cm³/mol. The van der Waals surface area contributed by atoms with E-state index >= 15 is 0 Å². The van der Waals surface area contributed by atoms with Gasteiger partial charge in [-0.3, -0.25) is 0 Å². The number of nitrogens with zero attached hydrogens (tertiary/aromatic N) is 3. The fraction of sp³-hybridized carbons (Fsp3) is 0.455. The Kier molecular flexibility index (Phi) is 2.35. The van der Waals surface area contributed by atoms with E-state index in [1.165, 1.54) is 12.8 Å². The third-order valence-electron chi connectivity index (χ3n) is 3.04. The molecule has 1 atom stereocenters. The molecule has 16 heavy (non-hydrogen) atoms. The van der Waals surface area contributed by atoms with Crippen molar-refractivity contribution in [2.75, 3.05) is 5.32 Å². The maximum absolute atomic E-state index is 4.45. The van der Waals surface area contributed by atoms with Crippen molar-refractivity contribution in [3.8, 4) is 0 Å². The van der Waals surface area contributed by atoms with E-state index < -0.39 is 0 Å². The number of hydrogen-bond acceptors (Lipinski definition) is 3. The van der Waals surface area contributed by atoms with E-state index in [9.17, 15) is 0 Å². The quantitative estimate of drug-likeness (QED) is 0.940. The van der Waals surface area contributed by atoms with Crippen molar-refractivity contribution in [1.82, 2.24) is 14.4 Å². The lowest BCUT2D eigenvalue weighted by atomic mass is 10.2. The minimum atomic E-state index is 0.474. The molecular formula is C11H13BrN4. The standard InChI is InChI=1S/C11H13BrN4/c1-7(8-2-3-8)14-10-11-13-4-5-16(11)6-9(12)15-10/h4-8H,2-3H2,1H3,(H,14,15). The number of imidazole rings is 1. The van der Waals surface area contributed by atoms with Crippen LogP contribution in [0.3, 0.4) is 0 Å². The summed E-state index contributed by atoms with van der Waals surface area (Å²) in [6.07, 6.45) is 8.28. The Morgan fingerprint density at radius 2 is 2.38 bits per heavy atom. The smallest absolute Gasteiger partial charge is 0.180 e. The van der Waals surface area contributed by atoms with Gasteiger partial charge in [0.1, 0.15) is 4.60 Å². The fourth-order valence-corrected chi connectivity index (χ4v) is 2.33. The predicted octanol–water partition coefficient (Wildman–Crippen LogP) is 2.70. The molecule has 1 saturated carbocycles. The van der Waals surface area contributed by atoms with E-state index in [-0.39, 0.29) is 0 Å². The molecule has 1 N–H and O–H groups in total. The fourth-order valence-electron chi connectivity index (χ4n) is 1.93. The molecule has 3 rings (SSSR count). The Hall–Kier alpha value is -1.10. The number of nitrogens with one attached hydrogen (secondary N) is 1. The van der Waals surface area contributed by atoms with Crippen LogP contribution in [-0.4, -0.2) is 20.4 Å². The lowest BCUT2D eigenvalue weighted by molar-refractivity contribution is 0.690. The van der Waals surface area contributed by atoms with Crippen molar-refractivity contribution < 1.29 is 0 Å². The van der Waals surface area contributed by atoms with Gasteiger partial charge in [0.2, 0.25) is 0 Å². The van der Waals surface area contributed by atoms with Gasteiger partial charge in [-0.15, -0.1) is 0 Å². The van der Waals surface area contributed by atoms with Gasteiger partial charge in [0, 0.05) is 24.6 Å². The summed E-state index contributed by atoms with van der Waals surface area (Å²) in [6.45, 7) is 2.21. The van der Waals surface area contributed by atoms with Gasteiger partial charge >= 0.3 is 0 Å². The molecule has 0 aromatic carbocycles. The highest BCUT2D eigenvalue weighted by Crippen LogP contribution is 2.34. The van der Waals surface area contributed by atoms with Gasteiger partial charge in [0.25, 0.3) is 0 Å². The van der Waals surface area contributed by atoms with Crippen LogP contribution < -0.4 is 5.32 Å². The Balaban J connectivity index is 1.97. The van der Waals surface area contributed by atoms with E-state index in [1.54, 1.807) is 6.20 Å². The van der Waals surface area contributed by atoms with Crippen LogP contribution in [0, 0.1) is 5.92 Å². The van der Waals surface area contributed by atoms with Gasteiger partial charge in [-0.2, -0.15) is 0 Å². The summed E-state index contributed by atoms with van der Waals surface area (Å²) in [4.78, 5) is 8.76. The minimum absolute atomic E-state index is 0.474. The van der Waals surface area contributed by atoms with Gasteiger partial charge in [-0.1, -0.05) is 0 Å². The van der Waals surface area contributed by atoms with E-state index in [2.05, 4.69) is 38.1 Å². The summed E-state index contributed by atoms with van der Waals surface area (Å²) in [7, 11) is 0. The highest BCUT2D eigenvalue weighted by molar-refractivity contribution is 9.10. The number of anilines is 1. The lowest BCUT2D eigenvalue weighted by Gasteiger charge is -2.14. The molecule has 1 aliphatic rings. The van der Waals surface area contributed by atoms with E-state index in [0.29, 0.717) is 6.04 Å². The van der Waals surface area contributed by atoms with Crippen molar-refractivity contribution in [3.05, 3.63) is 23.2 Å². The molecule has 2 aromatic heterocycles. The minimum Gasteiger partial charge on any atom is -0.364 e. The first-order valence-corrected chi connectivity index (χ1v) is 6.29. The first kappa shape index (κ1) is 10.1. The van der Waals surface area contributed by atoms with Crippen molar-refractivity contribution in [2.45, 2.75) is 25.8 Å². The zero-order valence-corrected chi connectivity index (χ0v) is 10.6. The Labute approximate surface area is 102 Å². The second-order valence-corrected chi connectivity index (χ2v) is 5.15. The molecule has 4 nitrogen and oxygen atoms in total. The first-order valence-electron chi connectivity index (χ1n) is 5.50. The molecule has 1 fully saturated rings. The van der Waals surface area contributed by atoms with Crippen LogP contribution in [-0.2, 0) is 0 Å². The largest absolute Gasteiger partial charge is 0.364 e. The van der Waals surface area contributed by atoms with Crippen LogP contribution in [0.15, 0.2) is 23.2 Å². The number of rotatable bonds is 3. The maximum atomic E-state index is 4.45. The second-order valence-electron chi connectivity index (χ2n) is 4.34. The Morgan fingerprint density at radius 3 is 3.12 bits per heavy atom. The highest BCUT2D eigenvalue weighted by atomic mass is 79.9. The van der Waals surface area contributed by atoms with Crippen molar-refractivity contribution in [2.24, 2.45) is 5.92 Å². The summed E-state index contributed by atoms with van der Waals surface area (Å²) < 4.78 is 2.79. The number of aromatic nitrogens is 3. The van der Waals surface area contributed by atoms with Crippen molar-refractivity contribution in [1.29, 1.82) is 0 Å². The molecule has 2 heterocycles. The SMILES string of the molecule is CC(Nc1nc(Br)cn2ccnc12)C1CC1. The molecule has 1 unspecified atom stereocenters. The average Bonchev–Trinajstić information content (AvgIpc) is 2.98. The second kappa shape index (κ2) is 3.73. The summed E-state index contributed by atoms with van der Waals surface area (Å²) in [5, 5.41) is 3.45. The Bertz CT molecular complexity index is 518. The highest BCUT2D eigenvalue weighted by Gasteiger charge is 2.28. The monoisotopic (exact) mass is 280 g/mol. The van der Waals surface area contributed by atoms with Crippen LogP contribution in [0.1, 0.15) is 19.8 Å². The molecule has 0 amide bonds. The Morgan fingerprint density at radius 1 is 1.56 bits per heavy atom. The van der Waals surface area contributed by atoms with E-state index in [1.807, 2.05) is 16.8 Å². The van der Waals surface area contributed by atoms with Crippen molar-refractivity contribution in [3.63, 3.8) is 0 Å². The van der Waals surface area contributed by atoms with Gasteiger partial charge in [-0.05, 0) is 41.6 Å². The van der Waals surface area contributed by atoms with Crippen LogP contribution >= 0.6 is 15.9 Å². The topological polar surface area (TPSA) is 42.2 Å². The van der Waals surface area contributed by atoms with Gasteiger partial charge < -0.3 is 9.72 Å². The van der Waals surface area contributed by atoms with Gasteiger partial charge in [0.15, 0.2) is 11.5 Å². The summed E-state index contributed by atoms with van der Waals surface area (Å²) in [5.41, 5.74) is 0.885. The molecule has 0 spiro atoms. The number of hydrogen-bond donors (Lipinski definition) is 1. The summed E-state index contributed by atoms with van der Waals surface area (Å²) >= 11 is 3.41. The molecular weight excluding hydrogens is 268 g/mol. The van der Waals surface area contributed by atoms with Crippen LogP contribution in [0.2, 0.25) is 0 Å². The van der Waals surface area contributed by atoms with Crippen molar-refractivity contribution >= 4 is 27.4 Å². The van der Waals surface area contributed by atoms with Crippen LogP contribution in [0.5, 0.6) is 0 Å². The first-order chi connectivity index (χ1) is 7.74. The van der Waals surface area contributed by atoms with Crippen LogP contribution in [0.4, 0.5) is 5.82 Å². The normalized spacial score (nSPS) is 17.6. The average molecular weight is 281 g/mol. The zero-order valence-electron chi connectivity index (χ0n) is 9.02. The van der Waals surface area contributed by atoms with E-state index in [0.717, 1.165) is 22.0 Å². The third kappa shape index (κ3) is 1.80. The molecule has 5 heteroatoms. The molecule has 2 aromatic rings. The molecule has 1 aliphatic carbocycles. The van der Waals surface area contributed by atoms with Gasteiger partial charge in [0.05, 0.1) is 0 Å². The molecule has 0 bridgehead atoms. The summed E-state index contributed by atoms with van der Waals surface area (Å²) in [5.74, 6) is 1.66. The lowest BCUT2D eigenvalue weighted by Crippen LogP contribution is -2.18. The third-order valence-corrected chi connectivity index (χ3v) is 3.42. The molecule has 84 valence electrons. The number of fused-ring (bicyclic) bond motifs is 1. The molecule has 0 saturated heterocycles. The van der Waals surface area contributed by atoms with Gasteiger partial charge in [-0.25, -0.2) is 9.97 Å². The molecule has 0 aliphatic heterocycles. The van der Waals surface area contributed by atoms with E-state index in [4.69, 9.17) is 0 Å². The maximum Gasteiger partial charge on any atom is 0.180 e. The number of halogens is 1. The summed E-state index contributed by atoms with van der Waals surface area (Å²) in [6, 6.07) is 0.474. The zero-order chi connectivity index (χ0) is 11.1. The molecule has 0 radical (unpaired) electrons.